The van der Waals surface area contributed by atoms with Crippen molar-refractivity contribution in [1.29, 1.82) is 0 Å². The summed E-state index contributed by atoms with van der Waals surface area (Å²) in [6, 6.07) is 7.85. The summed E-state index contributed by atoms with van der Waals surface area (Å²) >= 11 is 3.28. The van der Waals surface area contributed by atoms with E-state index in [0.29, 0.717) is 5.69 Å². The second-order valence-electron chi connectivity index (χ2n) is 3.45. The Morgan fingerprint density at radius 3 is 2.88 bits per heavy atom. The van der Waals surface area contributed by atoms with E-state index in [0.717, 1.165) is 20.1 Å². The zero-order valence-corrected chi connectivity index (χ0v) is 10.5. The van der Waals surface area contributed by atoms with Gasteiger partial charge in [0.15, 0.2) is 4.34 Å². The van der Waals surface area contributed by atoms with Crippen LogP contribution < -0.4 is 5.73 Å². The summed E-state index contributed by atoms with van der Waals surface area (Å²) < 4.78 is 1.03. The third-order valence-corrected chi connectivity index (χ3v) is 4.33. The lowest BCUT2D eigenvalue weighted by molar-refractivity contribution is 1.25. The van der Waals surface area contributed by atoms with E-state index >= 15 is 0 Å². The van der Waals surface area contributed by atoms with Crippen LogP contribution in [-0.2, 0) is 0 Å². The van der Waals surface area contributed by atoms with Crippen molar-refractivity contribution in [3.8, 4) is 0 Å². The van der Waals surface area contributed by atoms with Gasteiger partial charge in [0.25, 0.3) is 0 Å². The lowest BCUT2D eigenvalue weighted by atomic mass is 10.2. The molecular weight excluding hydrogens is 250 g/mol. The van der Waals surface area contributed by atoms with Crippen LogP contribution in [-0.4, -0.2) is 9.97 Å². The lowest BCUT2D eigenvalue weighted by Gasteiger charge is -2.05. The number of para-hydroxylation sites is 1. The molecule has 0 aliphatic rings. The molecule has 2 N–H and O–H groups in total. The van der Waals surface area contributed by atoms with Crippen LogP contribution in [0, 0.1) is 0 Å². The van der Waals surface area contributed by atoms with Crippen molar-refractivity contribution in [2.45, 2.75) is 9.24 Å². The van der Waals surface area contributed by atoms with E-state index in [4.69, 9.17) is 5.73 Å². The number of rotatable bonds is 2. The highest BCUT2D eigenvalue weighted by atomic mass is 32.2. The van der Waals surface area contributed by atoms with E-state index in [1.165, 1.54) is 0 Å². The first kappa shape index (κ1) is 10.6. The SMILES string of the molecule is Nc1cccc2c(Sc3nccs3)ccnc12. The zero-order valence-electron chi connectivity index (χ0n) is 8.83. The Hall–Kier alpha value is -1.59. The van der Waals surface area contributed by atoms with E-state index < -0.39 is 0 Å². The molecule has 2 aromatic heterocycles. The van der Waals surface area contributed by atoms with E-state index in [-0.39, 0.29) is 0 Å². The number of nitrogen functional groups attached to an aromatic ring is 1. The minimum absolute atomic E-state index is 0.712. The number of hydrogen-bond donors (Lipinski definition) is 1. The molecule has 1 aromatic carbocycles. The third-order valence-electron chi connectivity index (χ3n) is 2.37. The summed E-state index contributed by atoms with van der Waals surface area (Å²) in [7, 11) is 0. The van der Waals surface area contributed by atoms with Crippen LogP contribution in [0.4, 0.5) is 5.69 Å². The number of nitrogens with zero attached hydrogens (tertiary/aromatic N) is 2. The van der Waals surface area contributed by atoms with Crippen LogP contribution in [0.25, 0.3) is 10.9 Å². The smallest absolute Gasteiger partial charge is 0.154 e. The molecule has 17 heavy (non-hydrogen) atoms. The second-order valence-corrected chi connectivity index (χ2v) is 5.64. The Morgan fingerprint density at radius 2 is 2.06 bits per heavy atom. The molecular formula is C12H9N3S2. The maximum atomic E-state index is 5.91. The van der Waals surface area contributed by atoms with Gasteiger partial charge in [-0.05, 0) is 12.1 Å². The van der Waals surface area contributed by atoms with E-state index in [1.807, 2.05) is 35.8 Å². The molecule has 0 unspecified atom stereocenters. The molecule has 0 aliphatic heterocycles. The largest absolute Gasteiger partial charge is 0.397 e. The van der Waals surface area contributed by atoms with Crippen molar-refractivity contribution in [3.05, 3.63) is 42.0 Å². The Morgan fingerprint density at radius 1 is 1.12 bits per heavy atom. The van der Waals surface area contributed by atoms with Gasteiger partial charge >= 0.3 is 0 Å². The highest BCUT2D eigenvalue weighted by Crippen LogP contribution is 2.34. The summed E-state index contributed by atoms with van der Waals surface area (Å²) in [5.74, 6) is 0. The second kappa shape index (κ2) is 4.35. The van der Waals surface area contributed by atoms with Gasteiger partial charge in [0.1, 0.15) is 0 Å². The molecule has 0 amide bonds. The number of anilines is 1. The number of hydrogen-bond acceptors (Lipinski definition) is 5. The lowest BCUT2D eigenvalue weighted by Crippen LogP contribution is -1.89. The fourth-order valence-electron chi connectivity index (χ4n) is 1.62. The van der Waals surface area contributed by atoms with Gasteiger partial charge in [-0.1, -0.05) is 23.9 Å². The molecule has 5 heteroatoms. The Labute approximate surface area is 107 Å². The summed E-state index contributed by atoms with van der Waals surface area (Å²) in [5, 5.41) is 3.05. The molecule has 2 heterocycles. The number of aromatic nitrogens is 2. The van der Waals surface area contributed by atoms with Gasteiger partial charge in [-0.25, -0.2) is 4.98 Å². The van der Waals surface area contributed by atoms with Gasteiger partial charge in [-0.15, -0.1) is 11.3 Å². The Balaban J connectivity index is 2.14. The number of benzene rings is 1. The first-order chi connectivity index (χ1) is 8.34. The molecule has 0 aliphatic carbocycles. The van der Waals surface area contributed by atoms with Crippen molar-refractivity contribution in [2.24, 2.45) is 0 Å². The van der Waals surface area contributed by atoms with E-state index in [1.54, 1.807) is 29.3 Å². The molecule has 0 fully saturated rings. The van der Waals surface area contributed by atoms with Crippen molar-refractivity contribution < 1.29 is 0 Å². The fraction of sp³-hybridized carbons (Fsp3) is 0. The summed E-state index contributed by atoms with van der Waals surface area (Å²) in [5.41, 5.74) is 7.48. The molecule has 0 saturated heterocycles. The molecule has 84 valence electrons. The number of pyridine rings is 1. The molecule has 3 nitrogen and oxygen atoms in total. The third kappa shape index (κ3) is 1.99. The van der Waals surface area contributed by atoms with Gasteiger partial charge in [-0.2, -0.15) is 0 Å². The van der Waals surface area contributed by atoms with Crippen LogP contribution >= 0.6 is 23.1 Å². The van der Waals surface area contributed by atoms with Crippen LogP contribution in [0.3, 0.4) is 0 Å². The minimum atomic E-state index is 0.712. The van der Waals surface area contributed by atoms with Gasteiger partial charge in [0, 0.05) is 28.1 Å². The molecule has 0 saturated carbocycles. The maximum Gasteiger partial charge on any atom is 0.154 e. The normalized spacial score (nSPS) is 10.8. The summed E-state index contributed by atoms with van der Waals surface area (Å²) in [6.45, 7) is 0. The molecule has 0 atom stereocenters. The summed E-state index contributed by atoms with van der Waals surface area (Å²) in [6.07, 6.45) is 3.60. The number of fused-ring (bicyclic) bond motifs is 1. The van der Waals surface area contributed by atoms with Crippen LogP contribution in [0.1, 0.15) is 0 Å². The maximum absolute atomic E-state index is 5.91. The molecule has 0 bridgehead atoms. The Kier molecular flexibility index (Phi) is 2.70. The quantitative estimate of drug-likeness (QED) is 0.716. The monoisotopic (exact) mass is 259 g/mol. The predicted molar refractivity (Wildman–Crippen MR) is 72.4 cm³/mol. The zero-order chi connectivity index (χ0) is 11.7. The highest BCUT2D eigenvalue weighted by molar-refractivity contribution is 8.01. The van der Waals surface area contributed by atoms with Crippen molar-refractivity contribution in [3.63, 3.8) is 0 Å². The van der Waals surface area contributed by atoms with Gasteiger partial charge in [0.2, 0.25) is 0 Å². The van der Waals surface area contributed by atoms with E-state index in [9.17, 15) is 0 Å². The van der Waals surface area contributed by atoms with E-state index in [2.05, 4.69) is 9.97 Å². The molecule has 3 rings (SSSR count). The predicted octanol–water partition coefficient (Wildman–Crippen LogP) is 3.42. The average Bonchev–Trinajstić information content (AvgIpc) is 2.83. The molecule has 0 spiro atoms. The van der Waals surface area contributed by atoms with Crippen molar-refractivity contribution in [1.82, 2.24) is 9.97 Å². The average molecular weight is 259 g/mol. The first-order valence-electron chi connectivity index (χ1n) is 5.05. The Bertz CT molecular complexity index is 650. The van der Waals surface area contributed by atoms with Gasteiger partial charge in [0.05, 0.1) is 11.2 Å². The number of thiazole rings is 1. The molecule has 3 aromatic rings. The van der Waals surface area contributed by atoms with Crippen LogP contribution in [0.2, 0.25) is 0 Å². The van der Waals surface area contributed by atoms with Crippen LogP contribution in [0.5, 0.6) is 0 Å². The van der Waals surface area contributed by atoms with Gasteiger partial charge < -0.3 is 5.73 Å². The first-order valence-corrected chi connectivity index (χ1v) is 6.75. The van der Waals surface area contributed by atoms with Crippen molar-refractivity contribution in [2.75, 3.05) is 5.73 Å². The fourth-order valence-corrected chi connectivity index (χ4v) is 3.31. The van der Waals surface area contributed by atoms with Crippen LogP contribution in [0.15, 0.2) is 51.3 Å². The van der Waals surface area contributed by atoms with Gasteiger partial charge in [-0.3, -0.25) is 4.98 Å². The summed E-state index contributed by atoms with van der Waals surface area (Å²) in [4.78, 5) is 9.72. The molecule has 0 radical (unpaired) electrons. The number of nitrogens with two attached hydrogens (primary N) is 1. The van der Waals surface area contributed by atoms with Crippen molar-refractivity contribution >= 4 is 39.7 Å². The minimum Gasteiger partial charge on any atom is -0.397 e. The highest BCUT2D eigenvalue weighted by Gasteiger charge is 2.06. The standard InChI is InChI=1S/C12H9N3S2/c13-9-3-1-2-8-10(4-5-14-11(8)9)17-12-15-6-7-16-12/h1-7H,13H2. The topological polar surface area (TPSA) is 51.8 Å².